The predicted molar refractivity (Wildman–Crippen MR) is 72.6 cm³/mol. The van der Waals surface area contributed by atoms with E-state index in [-0.39, 0.29) is 0 Å². The minimum atomic E-state index is 0.959. The molecule has 0 spiro atoms. The van der Waals surface area contributed by atoms with Crippen molar-refractivity contribution in [3.05, 3.63) is 40.6 Å². The van der Waals surface area contributed by atoms with E-state index < -0.39 is 0 Å². The van der Waals surface area contributed by atoms with Crippen LogP contribution in [0, 0.1) is 0 Å². The molecule has 0 aromatic carbocycles. The fourth-order valence-corrected chi connectivity index (χ4v) is 1.80. The number of hydrogen-bond donors (Lipinski definition) is 1. The van der Waals surface area contributed by atoms with Gasteiger partial charge in [0.25, 0.3) is 0 Å². The number of nitrogens with zero attached hydrogens (tertiary/aromatic N) is 1. The summed E-state index contributed by atoms with van der Waals surface area (Å²) in [6, 6.07) is 2.10. The Bertz CT molecular complexity index is 323. The molecule has 0 aliphatic heterocycles. The standard InChI is InChI=1S/C13H19BrN2/c1-2-7-15-8-5-3-4-6-12-9-13(14)11-16-10-12/h3-4,9-11,15H,2,5-8H2,1H3/b4-3+. The molecule has 1 aromatic rings. The smallest absolute Gasteiger partial charge is 0.0410 e. The minimum absolute atomic E-state index is 0.959. The molecule has 0 aliphatic rings. The molecule has 0 saturated carbocycles. The van der Waals surface area contributed by atoms with Gasteiger partial charge in [-0.3, -0.25) is 4.98 Å². The van der Waals surface area contributed by atoms with Gasteiger partial charge in [0.05, 0.1) is 0 Å². The van der Waals surface area contributed by atoms with Crippen molar-refractivity contribution in [2.45, 2.75) is 26.2 Å². The molecule has 1 rings (SSSR count). The van der Waals surface area contributed by atoms with Crippen LogP contribution in [0.1, 0.15) is 25.3 Å². The molecule has 0 fully saturated rings. The largest absolute Gasteiger partial charge is 0.316 e. The van der Waals surface area contributed by atoms with Crippen molar-refractivity contribution in [1.82, 2.24) is 10.3 Å². The third-order valence-corrected chi connectivity index (χ3v) is 2.63. The average molecular weight is 283 g/mol. The van der Waals surface area contributed by atoms with Crippen LogP contribution >= 0.6 is 15.9 Å². The second kappa shape index (κ2) is 8.48. The average Bonchev–Trinajstić information content (AvgIpc) is 2.28. The molecule has 1 N–H and O–H groups in total. The number of nitrogens with one attached hydrogen (secondary N) is 1. The maximum absolute atomic E-state index is 4.13. The first-order chi connectivity index (χ1) is 7.83. The molecular weight excluding hydrogens is 264 g/mol. The summed E-state index contributed by atoms with van der Waals surface area (Å²) in [7, 11) is 0. The van der Waals surface area contributed by atoms with Crippen molar-refractivity contribution in [3.8, 4) is 0 Å². The Labute approximate surface area is 106 Å². The van der Waals surface area contributed by atoms with Crippen LogP contribution in [0.5, 0.6) is 0 Å². The van der Waals surface area contributed by atoms with Crippen molar-refractivity contribution < 1.29 is 0 Å². The van der Waals surface area contributed by atoms with E-state index in [0.29, 0.717) is 0 Å². The van der Waals surface area contributed by atoms with Crippen molar-refractivity contribution >= 4 is 15.9 Å². The fourth-order valence-electron chi connectivity index (χ4n) is 1.39. The van der Waals surface area contributed by atoms with Crippen LogP contribution in [-0.4, -0.2) is 18.1 Å². The monoisotopic (exact) mass is 282 g/mol. The van der Waals surface area contributed by atoms with Gasteiger partial charge in [0.15, 0.2) is 0 Å². The molecule has 0 saturated heterocycles. The highest BCUT2D eigenvalue weighted by Crippen LogP contribution is 2.10. The maximum atomic E-state index is 4.13. The molecular formula is C13H19BrN2. The topological polar surface area (TPSA) is 24.9 Å². The Balaban J connectivity index is 2.16. The van der Waals surface area contributed by atoms with Crippen LogP contribution in [0.15, 0.2) is 35.1 Å². The SMILES string of the molecule is CCCNCC/C=C/Cc1cncc(Br)c1. The van der Waals surface area contributed by atoms with Gasteiger partial charge in [0.2, 0.25) is 0 Å². The summed E-state index contributed by atoms with van der Waals surface area (Å²) >= 11 is 3.42. The van der Waals surface area contributed by atoms with Crippen LogP contribution in [-0.2, 0) is 6.42 Å². The van der Waals surface area contributed by atoms with E-state index in [0.717, 1.165) is 30.4 Å². The zero-order valence-electron chi connectivity index (χ0n) is 9.75. The summed E-state index contributed by atoms with van der Waals surface area (Å²) in [5.74, 6) is 0. The molecule has 0 atom stereocenters. The Morgan fingerprint density at radius 2 is 2.19 bits per heavy atom. The van der Waals surface area contributed by atoms with Crippen LogP contribution < -0.4 is 5.32 Å². The molecule has 88 valence electrons. The van der Waals surface area contributed by atoms with Crippen molar-refractivity contribution in [3.63, 3.8) is 0 Å². The Kier molecular flexibility index (Phi) is 7.10. The van der Waals surface area contributed by atoms with Gasteiger partial charge in [0.1, 0.15) is 0 Å². The molecule has 0 radical (unpaired) electrons. The number of aromatic nitrogens is 1. The zero-order valence-corrected chi connectivity index (χ0v) is 11.3. The third kappa shape index (κ3) is 6.03. The highest BCUT2D eigenvalue weighted by Gasteiger charge is 1.91. The van der Waals surface area contributed by atoms with E-state index in [1.165, 1.54) is 12.0 Å². The maximum Gasteiger partial charge on any atom is 0.0410 e. The second-order valence-corrected chi connectivity index (χ2v) is 4.64. The highest BCUT2D eigenvalue weighted by atomic mass is 79.9. The Morgan fingerprint density at radius 3 is 2.94 bits per heavy atom. The van der Waals surface area contributed by atoms with Gasteiger partial charge in [-0.2, -0.15) is 0 Å². The first-order valence-corrected chi connectivity index (χ1v) is 6.57. The lowest BCUT2D eigenvalue weighted by Crippen LogP contribution is -2.14. The Morgan fingerprint density at radius 1 is 1.31 bits per heavy atom. The molecule has 0 aliphatic carbocycles. The van der Waals surface area contributed by atoms with Crippen LogP contribution in [0.25, 0.3) is 0 Å². The molecule has 1 heterocycles. The van der Waals surface area contributed by atoms with E-state index in [2.05, 4.69) is 51.4 Å². The summed E-state index contributed by atoms with van der Waals surface area (Å²) in [5.41, 5.74) is 1.24. The second-order valence-electron chi connectivity index (χ2n) is 3.73. The molecule has 0 bridgehead atoms. The number of rotatable bonds is 7. The van der Waals surface area contributed by atoms with Crippen molar-refractivity contribution in [2.24, 2.45) is 0 Å². The summed E-state index contributed by atoms with van der Waals surface area (Å²) in [6.45, 7) is 4.37. The Hall–Kier alpha value is -0.670. The van der Waals surface area contributed by atoms with Gasteiger partial charge < -0.3 is 5.32 Å². The van der Waals surface area contributed by atoms with Gasteiger partial charge in [-0.05, 0) is 59.9 Å². The molecule has 1 aromatic heterocycles. The van der Waals surface area contributed by atoms with Gasteiger partial charge in [0, 0.05) is 16.9 Å². The highest BCUT2D eigenvalue weighted by molar-refractivity contribution is 9.10. The summed E-state index contributed by atoms with van der Waals surface area (Å²) < 4.78 is 1.04. The molecule has 2 nitrogen and oxygen atoms in total. The fraction of sp³-hybridized carbons (Fsp3) is 0.462. The van der Waals surface area contributed by atoms with E-state index in [4.69, 9.17) is 0 Å². The zero-order chi connectivity index (χ0) is 11.6. The van der Waals surface area contributed by atoms with Crippen LogP contribution in [0.3, 0.4) is 0 Å². The first-order valence-electron chi connectivity index (χ1n) is 5.78. The lowest BCUT2D eigenvalue weighted by molar-refractivity contribution is 0.678. The lowest BCUT2D eigenvalue weighted by Gasteiger charge is -1.99. The first kappa shape index (κ1) is 13.4. The minimum Gasteiger partial charge on any atom is -0.316 e. The number of hydrogen-bond acceptors (Lipinski definition) is 2. The van der Waals surface area contributed by atoms with E-state index in [1.807, 2.05) is 12.4 Å². The lowest BCUT2D eigenvalue weighted by atomic mass is 10.2. The van der Waals surface area contributed by atoms with Gasteiger partial charge in [-0.1, -0.05) is 19.1 Å². The number of pyridine rings is 1. The van der Waals surface area contributed by atoms with Crippen LogP contribution in [0.2, 0.25) is 0 Å². The molecule has 0 amide bonds. The van der Waals surface area contributed by atoms with E-state index in [1.54, 1.807) is 0 Å². The van der Waals surface area contributed by atoms with Gasteiger partial charge in [-0.25, -0.2) is 0 Å². The van der Waals surface area contributed by atoms with Crippen molar-refractivity contribution in [1.29, 1.82) is 0 Å². The van der Waals surface area contributed by atoms with Gasteiger partial charge >= 0.3 is 0 Å². The normalized spacial score (nSPS) is 11.1. The van der Waals surface area contributed by atoms with Gasteiger partial charge in [-0.15, -0.1) is 0 Å². The summed E-state index contributed by atoms with van der Waals surface area (Å²) in [6.07, 6.45) is 11.4. The third-order valence-electron chi connectivity index (χ3n) is 2.20. The summed E-state index contributed by atoms with van der Waals surface area (Å²) in [5, 5.41) is 3.37. The molecule has 3 heteroatoms. The molecule has 16 heavy (non-hydrogen) atoms. The van der Waals surface area contributed by atoms with E-state index >= 15 is 0 Å². The number of allylic oxidation sites excluding steroid dienone is 1. The van der Waals surface area contributed by atoms with Crippen LogP contribution in [0.4, 0.5) is 0 Å². The summed E-state index contributed by atoms with van der Waals surface area (Å²) in [4.78, 5) is 4.13. The quantitative estimate of drug-likeness (QED) is 0.613. The predicted octanol–water partition coefficient (Wildman–Crippen LogP) is 3.33. The van der Waals surface area contributed by atoms with Crippen molar-refractivity contribution in [2.75, 3.05) is 13.1 Å². The number of halogens is 1. The van der Waals surface area contributed by atoms with E-state index in [9.17, 15) is 0 Å². The molecule has 0 unspecified atom stereocenters.